The van der Waals surface area contributed by atoms with E-state index in [1.807, 2.05) is 13.8 Å². The van der Waals surface area contributed by atoms with Gasteiger partial charge in [0.1, 0.15) is 5.00 Å². The maximum atomic E-state index is 13.9. The number of ether oxygens (including phenoxy) is 1. The molecule has 0 unspecified atom stereocenters. The van der Waals surface area contributed by atoms with Gasteiger partial charge in [-0.15, -0.1) is 11.3 Å². The van der Waals surface area contributed by atoms with E-state index in [1.165, 1.54) is 13.2 Å². The maximum Gasteiger partial charge on any atom is 0.433 e. The summed E-state index contributed by atoms with van der Waals surface area (Å²) in [5.41, 5.74) is 1.20. The number of anilines is 1. The maximum absolute atomic E-state index is 13.9. The van der Waals surface area contributed by atoms with Gasteiger partial charge in [0.25, 0.3) is 5.91 Å². The van der Waals surface area contributed by atoms with Gasteiger partial charge >= 0.3 is 12.1 Å². The van der Waals surface area contributed by atoms with Crippen LogP contribution in [0, 0.1) is 20.8 Å². The second-order valence-corrected chi connectivity index (χ2v) is 8.92. The number of esters is 1. The summed E-state index contributed by atoms with van der Waals surface area (Å²) in [6.07, 6.45) is -4.74. The standard InChI is InChI=1S/C23H19F3N4O3S/c1-11-5-6-14(7-12(11)2)16-9-18(23(24,25)26)30-19(27-16)10-17(29-30)20(31)28-21-15(22(32)33-4)8-13(3)34-21/h5-10H,1-4H3,(H,28,31). The zero-order valence-electron chi connectivity index (χ0n) is 18.6. The first-order valence-electron chi connectivity index (χ1n) is 10.0. The second-order valence-electron chi connectivity index (χ2n) is 7.67. The molecule has 0 bridgehead atoms. The molecule has 3 heterocycles. The molecule has 0 aliphatic carbocycles. The Morgan fingerprint density at radius 2 is 1.79 bits per heavy atom. The van der Waals surface area contributed by atoms with Crippen LogP contribution in [0.5, 0.6) is 0 Å². The molecular weight excluding hydrogens is 469 g/mol. The molecule has 0 saturated heterocycles. The van der Waals surface area contributed by atoms with Gasteiger partial charge in [0, 0.05) is 16.5 Å². The molecule has 1 amide bonds. The predicted molar refractivity (Wildman–Crippen MR) is 121 cm³/mol. The van der Waals surface area contributed by atoms with Gasteiger partial charge in [0.15, 0.2) is 17.0 Å². The Hall–Kier alpha value is -3.73. The highest BCUT2D eigenvalue weighted by Crippen LogP contribution is 2.33. The number of halogens is 3. The molecule has 0 radical (unpaired) electrons. The smallest absolute Gasteiger partial charge is 0.433 e. The van der Waals surface area contributed by atoms with E-state index in [4.69, 9.17) is 4.74 Å². The molecular formula is C23H19F3N4O3S. The number of carbonyl (C=O) groups excluding carboxylic acids is 2. The third-order valence-corrected chi connectivity index (χ3v) is 6.21. The molecule has 11 heteroatoms. The molecule has 0 atom stereocenters. The molecule has 0 aliphatic rings. The number of alkyl halides is 3. The van der Waals surface area contributed by atoms with Crippen LogP contribution in [0.3, 0.4) is 0 Å². The van der Waals surface area contributed by atoms with Crippen molar-refractivity contribution >= 4 is 33.9 Å². The minimum absolute atomic E-state index is 0.108. The van der Waals surface area contributed by atoms with Crippen molar-refractivity contribution in [3.05, 3.63) is 69.4 Å². The topological polar surface area (TPSA) is 85.6 Å². The zero-order chi connectivity index (χ0) is 24.8. The van der Waals surface area contributed by atoms with Crippen LogP contribution >= 0.6 is 11.3 Å². The van der Waals surface area contributed by atoms with Crippen LogP contribution in [0.25, 0.3) is 16.9 Å². The lowest BCUT2D eigenvalue weighted by Crippen LogP contribution is -2.16. The normalized spacial score (nSPS) is 11.6. The van der Waals surface area contributed by atoms with E-state index >= 15 is 0 Å². The van der Waals surface area contributed by atoms with Crippen molar-refractivity contribution < 1.29 is 27.5 Å². The molecule has 4 rings (SSSR count). The quantitative estimate of drug-likeness (QED) is 0.387. The van der Waals surface area contributed by atoms with Crippen LogP contribution in [0.2, 0.25) is 0 Å². The number of fused-ring (bicyclic) bond motifs is 1. The van der Waals surface area contributed by atoms with Gasteiger partial charge in [-0.2, -0.15) is 18.3 Å². The molecule has 0 fully saturated rings. The first kappa shape index (κ1) is 23.4. The summed E-state index contributed by atoms with van der Waals surface area (Å²) in [5, 5.41) is 6.60. The van der Waals surface area contributed by atoms with Gasteiger partial charge < -0.3 is 10.1 Å². The van der Waals surface area contributed by atoms with E-state index in [2.05, 4.69) is 15.4 Å². The molecule has 3 aromatic heterocycles. The first-order valence-corrected chi connectivity index (χ1v) is 10.9. The predicted octanol–water partition coefficient (Wildman–Crippen LogP) is 5.44. The van der Waals surface area contributed by atoms with Crippen LogP contribution in [-0.4, -0.2) is 33.6 Å². The van der Waals surface area contributed by atoms with E-state index < -0.39 is 23.7 Å². The van der Waals surface area contributed by atoms with Crippen LogP contribution < -0.4 is 5.32 Å². The summed E-state index contributed by atoms with van der Waals surface area (Å²) in [4.78, 5) is 29.8. The average molecular weight is 488 g/mol. The lowest BCUT2D eigenvalue weighted by atomic mass is 10.0. The Morgan fingerprint density at radius 3 is 2.44 bits per heavy atom. The lowest BCUT2D eigenvalue weighted by molar-refractivity contribution is -0.142. The van der Waals surface area contributed by atoms with Gasteiger partial charge in [0.2, 0.25) is 0 Å². The highest BCUT2D eigenvalue weighted by molar-refractivity contribution is 7.16. The lowest BCUT2D eigenvalue weighted by Gasteiger charge is -2.11. The summed E-state index contributed by atoms with van der Waals surface area (Å²) in [6.45, 7) is 5.50. The first-order chi connectivity index (χ1) is 16.0. The number of thiophene rings is 1. The monoisotopic (exact) mass is 488 g/mol. The van der Waals surface area contributed by atoms with E-state index in [0.29, 0.717) is 10.1 Å². The minimum atomic E-state index is -4.74. The number of amides is 1. The number of methoxy groups -OCH3 is 1. The van der Waals surface area contributed by atoms with Crippen LogP contribution in [0.1, 0.15) is 42.5 Å². The summed E-state index contributed by atoms with van der Waals surface area (Å²) in [7, 11) is 1.21. The third-order valence-electron chi connectivity index (χ3n) is 5.24. The third kappa shape index (κ3) is 4.38. The van der Waals surface area contributed by atoms with Crippen LogP contribution in [0.4, 0.5) is 18.2 Å². The fourth-order valence-corrected chi connectivity index (χ4v) is 4.27. The van der Waals surface area contributed by atoms with Gasteiger partial charge in [-0.3, -0.25) is 4.79 Å². The van der Waals surface area contributed by atoms with E-state index in [9.17, 15) is 22.8 Å². The highest BCUT2D eigenvalue weighted by Gasteiger charge is 2.36. The Balaban J connectivity index is 1.78. The number of aryl methyl sites for hydroxylation is 3. The molecule has 0 saturated carbocycles. The van der Waals surface area contributed by atoms with Crippen molar-refractivity contribution in [3.8, 4) is 11.3 Å². The van der Waals surface area contributed by atoms with Crippen molar-refractivity contribution in [2.24, 2.45) is 0 Å². The molecule has 1 N–H and O–H groups in total. The summed E-state index contributed by atoms with van der Waals surface area (Å²) < 4.78 is 46.9. The molecule has 0 spiro atoms. The zero-order valence-corrected chi connectivity index (χ0v) is 19.4. The number of aromatic nitrogens is 3. The van der Waals surface area contributed by atoms with Crippen LogP contribution in [0.15, 0.2) is 36.4 Å². The van der Waals surface area contributed by atoms with Gasteiger partial charge in [0.05, 0.1) is 18.4 Å². The van der Waals surface area contributed by atoms with Crippen molar-refractivity contribution in [1.82, 2.24) is 14.6 Å². The van der Waals surface area contributed by atoms with Gasteiger partial charge in [-0.1, -0.05) is 12.1 Å². The van der Waals surface area contributed by atoms with Gasteiger partial charge in [-0.05, 0) is 50.1 Å². The van der Waals surface area contributed by atoms with Crippen molar-refractivity contribution in [1.29, 1.82) is 0 Å². The number of nitrogens with zero attached hydrogens (tertiary/aromatic N) is 3. The van der Waals surface area contributed by atoms with E-state index in [-0.39, 0.29) is 27.6 Å². The second kappa shape index (κ2) is 8.56. The summed E-state index contributed by atoms with van der Waals surface area (Å²) in [6, 6.07) is 8.89. The Morgan fingerprint density at radius 1 is 1.06 bits per heavy atom. The Labute approximate surface area is 196 Å². The number of hydrogen-bond acceptors (Lipinski definition) is 6. The van der Waals surface area contributed by atoms with E-state index in [0.717, 1.165) is 33.4 Å². The summed E-state index contributed by atoms with van der Waals surface area (Å²) >= 11 is 1.13. The molecule has 176 valence electrons. The number of carbonyl (C=O) groups is 2. The van der Waals surface area contributed by atoms with Gasteiger partial charge in [-0.25, -0.2) is 14.3 Å². The number of hydrogen-bond donors (Lipinski definition) is 1. The molecule has 34 heavy (non-hydrogen) atoms. The van der Waals surface area contributed by atoms with Crippen LogP contribution in [-0.2, 0) is 10.9 Å². The Kier molecular flexibility index (Phi) is 5.90. The SMILES string of the molecule is COC(=O)c1cc(C)sc1NC(=O)c1cc2nc(-c3ccc(C)c(C)c3)cc(C(F)(F)F)n2n1. The number of rotatable bonds is 4. The largest absolute Gasteiger partial charge is 0.465 e. The molecule has 4 aromatic rings. The highest BCUT2D eigenvalue weighted by atomic mass is 32.1. The van der Waals surface area contributed by atoms with Crippen molar-refractivity contribution in [2.45, 2.75) is 26.9 Å². The minimum Gasteiger partial charge on any atom is -0.465 e. The fourth-order valence-electron chi connectivity index (χ4n) is 3.37. The Bertz CT molecular complexity index is 1440. The van der Waals surface area contributed by atoms with Crippen molar-refractivity contribution in [2.75, 3.05) is 12.4 Å². The molecule has 1 aromatic carbocycles. The number of nitrogens with one attached hydrogen (secondary N) is 1. The van der Waals surface area contributed by atoms with E-state index in [1.54, 1.807) is 31.2 Å². The number of benzene rings is 1. The van der Waals surface area contributed by atoms with Crippen molar-refractivity contribution in [3.63, 3.8) is 0 Å². The molecule has 0 aliphatic heterocycles. The summed E-state index contributed by atoms with van der Waals surface area (Å²) in [5.74, 6) is -1.42. The fraction of sp³-hybridized carbons (Fsp3) is 0.217. The average Bonchev–Trinajstić information content (AvgIpc) is 3.36. The molecule has 7 nitrogen and oxygen atoms in total.